The molecule has 0 spiro atoms. The van der Waals surface area contributed by atoms with E-state index in [9.17, 15) is 32.7 Å². The van der Waals surface area contributed by atoms with Crippen LogP contribution in [0.3, 0.4) is 0 Å². The van der Waals surface area contributed by atoms with Crippen LogP contribution in [-0.4, -0.2) is 63.7 Å². The van der Waals surface area contributed by atoms with Gasteiger partial charge in [0.25, 0.3) is 12.0 Å². The van der Waals surface area contributed by atoms with E-state index in [0.717, 1.165) is 0 Å². The fraction of sp³-hybridized carbons (Fsp3) is 0.500. The van der Waals surface area contributed by atoms with E-state index in [1.54, 1.807) is 37.0 Å². The average Bonchev–Trinajstić information content (AvgIpc) is 3.11. The molecule has 1 aromatic heterocycles. The summed E-state index contributed by atoms with van der Waals surface area (Å²) in [6.07, 6.45) is -11.4. The first-order valence-electron chi connectivity index (χ1n) is 11.5. The van der Waals surface area contributed by atoms with Crippen LogP contribution in [0.5, 0.6) is 5.75 Å². The number of halogens is 4. The van der Waals surface area contributed by atoms with Gasteiger partial charge in [0.15, 0.2) is 18.0 Å². The molecule has 6 unspecified atom stereocenters. The number of H-pyrrole nitrogens is 1. The van der Waals surface area contributed by atoms with Gasteiger partial charge in [0.05, 0.1) is 18.9 Å². The minimum atomic E-state index is -3.93. The Morgan fingerprint density at radius 3 is 2.51 bits per heavy atom. The number of hydrogen-bond donors (Lipinski definition) is 3. The summed E-state index contributed by atoms with van der Waals surface area (Å²) in [5, 5.41) is 13.1. The summed E-state index contributed by atoms with van der Waals surface area (Å²) in [6, 6.07) is 6.61. The summed E-state index contributed by atoms with van der Waals surface area (Å²) in [5.74, 6) is -2.15. The lowest BCUT2D eigenvalue weighted by atomic mass is 9.97. The fourth-order valence-corrected chi connectivity index (χ4v) is 5.95. The Labute approximate surface area is 224 Å². The van der Waals surface area contributed by atoms with Gasteiger partial charge in [0.2, 0.25) is 5.82 Å². The number of aliphatic hydroxyl groups is 1. The highest BCUT2D eigenvalue weighted by atomic mass is 32.5. The van der Waals surface area contributed by atoms with E-state index in [2.05, 4.69) is 5.09 Å². The Kier molecular flexibility index (Phi) is 9.73. The molecule has 17 heteroatoms. The lowest BCUT2D eigenvalue weighted by Crippen LogP contribution is -2.52. The number of carbonyl (C=O) groups is 1. The van der Waals surface area contributed by atoms with Gasteiger partial charge < -0.3 is 23.6 Å². The first kappa shape index (κ1) is 30.9. The van der Waals surface area contributed by atoms with Crippen molar-refractivity contribution in [1.82, 2.24) is 14.6 Å². The largest absolute Gasteiger partial charge is 0.462 e. The molecule has 39 heavy (non-hydrogen) atoms. The summed E-state index contributed by atoms with van der Waals surface area (Å²) in [6.45, 7) is -0.651. The molecule has 3 rings (SSSR count). The van der Waals surface area contributed by atoms with Crippen LogP contribution < -0.4 is 20.9 Å². The van der Waals surface area contributed by atoms with Crippen LogP contribution in [-0.2, 0) is 30.6 Å². The Morgan fingerprint density at radius 2 is 1.92 bits per heavy atom. The highest BCUT2D eigenvalue weighted by Crippen LogP contribution is 2.49. The normalized spacial score (nSPS) is 25.4. The molecule has 1 saturated heterocycles. The van der Waals surface area contributed by atoms with Crippen molar-refractivity contribution in [2.75, 3.05) is 6.61 Å². The van der Waals surface area contributed by atoms with E-state index in [1.807, 2.05) is 0 Å². The smallest absolute Gasteiger partial charge is 0.330 e. The molecule has 6 atom stereocenters. The lowest BCUT2D eigenvalue weighted by Gasteiger charge is -2.34. The quantitative estimate of drug-likeness (QED) is 0.200. The molecule has 1 aliphatic heterocycles. The van der Waals surface area contributed by atoms with Gasteiger partial charge in [-0.25, -0.2) is 23.1 Å². The summed E-state index contributed by atoms with van der Waals surface area (Å²) < 4.78 is 79.2. The fourth-order valence-electron chi connectivity index (χ4n) is 3.53. The maximum absolute atomic E-state index is 15.1. The van der Waals surface area contributed by atoms with Crippen LogP contribution in [0.2, 0.25) is 0 Å². The van der Waals surface area contributed by atoms with Crippen molar-refractivity contribution >= 4 is 24.4 Å². The van der Waals surface area contributed by atoms with E-state index in [0.29, 0.717) is 0 Å². The first-order valence-corrected chi connectivity index (χ1v) is 14.1. The summed E-state index contributed by atoms with van der Waals surface area (Å²) in [5.41, 5.74) is -5.92. The highest BCUT2D eigenvalue weighted by Gasteiger charge is 2.62. The first-order chi connectivity index (χ1) is 18.2. The van der Waals surface area contributed by atoms with Crippen LogP contribution >= 0.6 is 6.64 Å². The van der Waals surface area contributed by atoms with Gasteiger partial charge >= 0.3 is 18.3 Å². The highest BCUT2D eigenvalue weighted by molar-refractivity contribution is 8.09. The molecule has 2 aromatic rings. The summed E-state index contributed by atoms with van der Waals surface area (Å²) >= 11 is 5.43. The van der Waals surface area contributed by atoms with Crippen molar-refractivity contribution in [2.45, 2.75) is 63.4 Å². The zero-order valence-electron chi connectivity index (χ0n) is 20.8. The second-order valence-corrected chi connectivity index (χ2v) is 11.9. The van der Waals surface area contributed by atoms with E-state index >= 15 is 4.39 Å². The zero-order chi connectivity index (χ0) is 29.1. The number of para-hydroxylation sites is 1. The second kappa shape index (κ2) is 12.3. The maximum Gasteiger partial charge on any atom is 0.330 e. The van der Waals surface area contributed by atoms with E-state index < -0.39 is 79.0 Å². The summed E-state index contributed by atoms with van der Waals surface area (Å²) in [7, 11) is 0. The minimum Gasteiger partial charge on any atom is -0.462 e. The topological polar surface area (TPSA) is 141 Å². The number of esters is 1. The Balaban J connectivity index is 1.92. The summed E-state index contributed by atoms with van der Waals surface area (Å²) in [4.78, 5) is 37.3. The number of ether oxygens (including phenoxy) is 2. The molecule has 1 fully saturated rings. The molecule has 0 bridgehead atoms. The molecule has 1 aliphatic rings. The van der Waals surface area contributed by atoms with Crippen molar-refractivity contribution in [2.24, 2.45) is 0 Å². The molecule has 2 heterocycles. The van der Waals surface area contributed by atoms with E-state index in [4.69, 9.17) is 30.3 Å². The lowest BCUT2D eigenvalue weighted by molar-refractivity contribution is -0.192. The van der Waals surface area contributed by atoms with Crippen LogP contribution in [0.4, 0.5) is 17.6 Å². The molecule has 0 amide bonds. The van der Waals surface area contributed by atoms with Crippen LogP contribution in [0.25, 0.3) is 0 Å². The van der Waals surface area contributed by atoms with Gasteiger partial charge in [-0.2, -0.15) is 4.39 Å². The molecule has 11 nitrogen and oxygen atoms in total. The number of nitrogens with one attached hydrogen (secondary N) is 2. The SMILES string of the molecule is CC(C)OC(=O)C(C)NP(=S)(OCC1(C(F)F)OC(n2cc(F)c(=O)[nH]c2=O)C(F)C1O)Oc1ccccc1. The second-order valence-electron chi connectivity index (χ2n) is 8.81. The predicted octanol–water partition coefficient (Wildman–Crippen LogP) is 2.16. The van der Waals surface area contributed by atoms with Crippen molar-refractivity contribution < 1.29 is 46.0 Å². The van der Waals surface area contributed by atoms with E-state index in [-0.39, 0.29) is 16.5 Å². The molecule has 0 aliphatic carbocycles. The van der Waals surface area contributed by atoms with Gasteiger partial charge in [-0.1, -0.05) is 18.2 Å². The number of aliphatic hydroxyl groups excluding tert-OH is 1. The van der Waals surface area contributed by atoms with Crippen LogP contribution in [0.15, 0.2) is 46.1 Å². The predicted molar refractivity (Wildman–Crippen MR) is 132 cm³/mol. The van der Waals surface area contributed by atoms with Crippen molar-refractivity contribution in [3.63, 3.8) is 0 Å². The molecule has 216 valence electrons. The minimum absolute atomic E-state index is 0.133. The zero-order valence-corrected chi connectivity index (χ0v) is 22.5. The van der Waals surface area contributed by atoms with Gasteiger partial charge in [-0.15, -0.1) is 0 Å². The van der Waals surface area contributed by atoms with Crippen molar-refractivity contribution in [3.8, 4) is 5.75 Å². The van der Waals surface area contributed by atoms with Gasteiger partial charge in [0, 0.05) is 0 Å². The number of aromatic nitrogens is 2. The van der Waals surface area contributed by atoms with E-state index in [1.165, 1.54) is 19.1 Å². The number of benzene rings is 1. The maximum atomic E-state index is 15.1. The molecule has 3 N–H and O–H groups in total. The molecule has 0 saturated carbocycles. The molecule has 0 radical (unpaired) electrons. The monoisotopic (exact) mass is 599 g/mol. The number of hydrogen-bond acceptors (Lipinski definition) is 9. The number of alkyl halides is 3. The Hall–Kier alpha value is -2.62. The van der Waals surface area contributed by atoms with Gasteiger partial charge in [0.1, 0.15) is 17.9 Å². The third kappa shape index (κ3) is 6.94. The van der Waals surface area contributed by atoms with Gasteiger partial charge in [-0.3, -0.25) is 19.1 Å². The van der Waals surface area contributed by atoms with Crippen molar-refractivity contribution in [1.29, 1.82) is 0 Å². The Morgan fingerprint density at radius 1 is 1.28 bits per heavy atom. The third-order valence-electron chi connectivity index (χ3n) is 5.47. The van der Waals surface area contributed by atoms with Crippen LogP contribution in [0, 0.1) is 5.82 Å². The van der Waals surface area contributed by atoms with Crippen molar-refractivity contribution in [3.05, 3.63) is 63.2 Å². The number of nitrogens with zero attached hydrogens (tertiary/aromatic N) is 1. The number of rotatable bonds is 11. The molecule has 1 aromatic carbocycles. The molecular weight excluding hydrogens is 573 g/mol. The number of carbonyl (C=O) groups excluding carboxylic acids is 1. The third-order valence-corrected chi connectivity index (χ3v) is 7.95. The molecular formula is C22H26F4N3O8PS. The van der Waals surface area contributed by atoms with Crippen LogP contribution in [0.1, 0.15) is 27.0 Å². The average molecular weight is 599 g/mol. The van der Waals surface area contributed by atoms with Gasteiger partial charge in [-0.05, 0) is 44.7 Å². The number of aromatic amines is 1. The Bertz CT molecular complexity index is 1330. The standard InChI is InChI=1S/C22H26F4N3O8PS/c1-11(2)35-19(32)12(3)28-38(39,37-13-7-5-4-6-8-13)34-10-22(20(25)26)16(30)15(24)18(36-22)29-9-14(23)17(31)27-21(29)33/h4-9,11-12,15-16,18,20,30H,10H2,1-3H3,(H,28,39)(H,27,31,33).